The molecule has 0 aromatic heterocycles. The third-order valence-corrected chi connectivity index (χ3v) is 3.42. The summed E-state index contributed by atoms with van der Waals surface area (Å²) < 4.78 is 0. The summed E-state index contributed by atoms with van der Waals surface area (Å²) in [6.07, 6.45) is 6.84. The topological polar surface area (TPSA) is 66.2 Å². The van der Waals surface area contributed by atoms with Gasteiger partial charge in [-0.15, -0.1) is 0 Å². The maximum absolute atomic E-state index is 5.69. The van der Waals surface area contributed by atoms with E-state index in [2.05, 4.69) is 24.1 Å². The monoisotopic (exact) mass is 235 g/mol. The Morgan fingerprint density at radius 1 is 1.00 bits per heavy atom. The van der Waals surface area contributed by atoms with E-state index in [4.69, 9.17) is 7.85 Å². The number of benzene rings is 1. The lowest BCUT2D eigenvalue weighted by molar-refractivity contribution is 0.427. The van der Waals surface area contributed by atoms with Gasteiger partial charge >= 0.3 is 0 Å². The summed E-state index contributed by atoms with van der Waals surface area (Å²) in [5.74, 6) is 0. The van der Waals surface area contributed by atoms with Gasteiger partial charge in [0.15, 0.2) is 0 Å². The molecule has 2 radical (unpaired) electrons. The predicted octanol–water partition coefficient (Wildman–Crippen LogP) is 0.600. The first-order chi connectivity index (χ1) is 7.27. The molecule has 1 aliphatic rings. The zero-order chi connectivity index (χ0) is 10.7. The van der Waals surface area contributed by atoms with Crippen LogP contribution >= 0.6 is 0 Å². The van der Waals surface area contributed by atoms with Crippen LogP contribution in [0.25, 0.3) is 0 Å². The largest absolute Gasteiger partial charge is 0.412 e. The molecule has 0 bridgehead atoms. The van der Waals surface area contributed by atoms with Gasteiger partial charge in [-0.05, 0) is 25.0 Å². The highest BCUT2D eigenvalue weighted by Gasteiger charge is 2.17. The third-order valence-electron chi connectivity index (χ3n) is 3.42. The first-order valence-electron chi connectivity index (χ1n) is 5.86. The smallest absolute Gasteiger partial charge is 0.113 e. The Morgan fingerprint density at radius 2 is 1.53 bits per heavy atom. The Morgan fingerprint density at radius 3 is 2.06 bits per heavy atom. The van der Waals surface area contributed by atoms with Crippen molar-refractivity contribution in [3.63, 3.8) is 0 Å². The lowest BCUT2D eigenvalue weighted by atomic mass is 9.93. The Bertz CT molecular complexity index is 310. The van der Waals surface area contributed by atoms with E-state index in [0.717, 1.165) is 11.5 Å². The number of hydrogen-bond donors (Lipinski definition) is 0. The second-order valence-electron chi connectivity index (χ2n) is 4.49. The normalized spacial score (nSPS) is 15.6. The molecule has 1 aromatic rings. The van der Waals surface area contributed by atoms with E-state index in [-0.39, 0.29) is 11.0 Å². The van der Waals surface area contributed by atoms with E-state index in [0.29, 0.717) is 0 Å². The van der Waals surface area contributed by atoms with Crippen LogP contribution in [0, 0.1) is 0 Å². The average Bonchev–Trinajstić information content (AvgIpc) is 2.30. The molecule has 4 N–H and O–H groups in total. The molecule has 0 heterocycles. The van der Waals surface area contributed by atoms with Gasteiger partial charge in [-0.2, -0.15) is 0 Å². The van der Waals surface area contributed by atoms with Crippen LogP contribution in [0.4, 0.5) is 5.69 Å². The summed E-state index contributed by atoms with van der Waals surface area (Å²) >= 11 is 0. The molecule has 17 heavy (non-hydrogen) atoms. The first kappa shape index (κ1) is 16.0. The quantitative estimate of drug-likeness (QED) is 0.692. The highest BCUT2D eigenvalue weighted by Crippen LogP contribution is 2.25. The van der Waals surface area contributed by atoms with E-state index >= 15 is 0 Å². The fourth-order valence-corrected chi connectivity index (χ4v) is 2.39. The molecule has 1 saturated carbocycles. The third kappa shape index (κ3) is 4.06. The van der Waals surface area contributed by atoms with Crippen LogP contribution < -0.4 is 10.4 Å². The number of rotatable bonds is 2. The molecule has 94 valence electrons. The van der Waals surface area contributed by atoms with Crippen molar-refractivity contribution in [2.24, 2.45) is 0 Å². The van der Waals surface area contributed by atoms with Gasteiger partial charge in [0.2, 0.25) is 0 Å². The zero-order valence-corrected chi connectivity index (χ0v) is 10.4. The summed E-state index contributed by atoms with van der Waals surface area (Å²) in [5.41, 5.74) is 2.13. The van der Waals surface area contributed by atoms with E-state index in [1.807, 2.05) is 12.1 Å². The summed E-state index contributed by atoms with van der Waals surface area (Å²) in [4.78, 5) is 2.40. The highest BCUT2D eigenvalue weighted by atomic mass is 16.0. The van der Waals surface area contributed by atoms with Crippen LogP contribution in [0.1, 0.15) is 32.1 Å². The highest BCUT2D eigenvalue weighted by molar-refractivity contribution is 6.32. The van der Waals surface area contributed by atoms with Gasteiger partial charge in [0.25, 0.3) is 0 Å². The molecule has 3 nitrogen and oxygen atoms in total. The molecule has 0 spiro atoms. The summed E-state index contributed by atoms with van der Waals surface area (Å²) in [6.45, 7) is 0. The van der Waals surface area contributed by atoms with Crippen LogP contribution in [0.15, 0.2) is 24.3 Å². The number of nitrogens with zero attached hydrogens (tertiary/aromatic N) is 1. The van der Waals surface area contributed by atoms with Gasteiger partial charge in [-0.1, -0.05) is 36.9 Å². The van der Waals surface area contributed by atoms with Crippen LogP contribution in [0.5, 0.6) is 0 Å². The van der Waals surface area contributed by atoms with Gasteiger partial charge in [-0.25, -0.2) is 0 Å². The van der Waals surface area contributed by atoms with Crippen molar-refractivity contribution in [2.45, 2.75) is 38.1 Å². The van der Waals surface area contributed by atoms with Gasteiger partial charge in [0, 0.05) is 18.8 Å². The first-order valence-corrected chi connectivity index (χ1v) is 5.86. The van der Waals surface area contributed by atoms with Crippen molar-refractivity contribution in [3.05, 3.63) is 24.3 Å². The van der Waals surface area contributed by atoms with E-state index in [1.54, 1.807) is 0 Å². The van der Waals surface area contributed by atoms with Crippen LogP contribution in [-0.4, -0.2) is 31.9 Å². The maximum Gasteiger partial charge on any atom is 0.113 e. The molecule has 0 atom stereocenters. The Labute approximate surface area is 105 Å². The number of hydrogen-bond acceptors (Lipinski definition) is 1. The molecule has 0 saturated heterocycles. The zero-order valence-electron chi connectivity index (χ0n) is 10.4. The predicted molar refractivity (Wildman–Crippen MR) is 74.3 cm³/mol. The lowest BCUT2D eigenvalue weighted by Crippen LogP contribution is -2.33. The van der Waals surface area contributed by atoms with Crippen molar-refractivity contribution >= 4 is 19.0 Å². The molecular formula is C13H22BNO2. The Hall–Kier alpha value is -0.995. The molecule has 0 amide bonds. The minimum absolute atomic E-state index is 0. The van der Waals surface area contributed by atoms with Crippen molar-refractivity contribution in [1.29, 1.82) is 0 Å². The summed E-state index contributed by atoms with van der Waals surface area (Å²) in [5, 5.41) is 0. The Balaban J connectivity index is 0.00000128. The van der Waals surface area contributed by atoms with Gasteiger partial charge in [0.1, 0.15) is 7.85 Å². The van der Waals surface area contributed by atoms with Crippen molar-refractivity contribution in [2.75, 3.05) is 11.9 Å². The maximum atomic E-state index is 5.69. The minimum atomic E-state index is 0. The van der Waals surface area contributed by atoms with Crippen LogP contribution in [0.3, 0.4) is 0 Å². The molecule has 0 unspecified atom stereocenters. The second-order valence-corrected chi connectivity index (χ2v) is 4.49. The molecule has 1 aromatic carbocycles. The molecule has 0 aliphatic heterocycles. The Kier molecular flexibility index (Phi) is 6.92. The molecule has 2 rings (SSSR count). The number of anilines is 1. The fraction of sp³-hybridized carbons (Fsp3) is 0.538. The molecule has 4 heteroatoms. The second kappa shape index (κ2) is 7.35. The van der Waals surface area contributed by atoms with Crippen LogP contribution in [-0.2, 0) is 0 Å². The molecular weight excluding hydrogens is 213 g/mol. The minimum Gasteiger partial charge on any atom is -0.412 e. The van der Waals surface area contributed by atoms with Crippen molar-refractivity contribution < 1.29 is 11.0 Å². The van der Waals surface area contributed by atoms with Gasteiger partial charge in [-0.3, -0.25) is 0 Å². The molecule has 1 aliphatic carbocycles. The summed E-state index contributed by atoms with van der Waals surface area (Å²) in [6, 6.07) is 8.92. The van der Waals surface area contributed by atoms with Gasteiger partial charge < -0.3 is 15.9 Å². The standard InChI is InChI=1S/C13H18BN.2H2O/c1-15(12-5-3-2-4-6-12)13-9-7-11(14)8-10-13;;/h7-10,12H,2-6H2,1H3;2*1H2. The van der Waals surface area contributed by atoms with E-state index in [9.17, 15) is 0 Å². The average molecular weight is 235 g/mol. The fourth-order valence-electron chi connectivity index (χ4n) is 2.39. The van der Waals surface area contributed by atoms with Crippen LogP contribution in [0.2, 0.25) is 0 Å². The SMILES string of the molecule is O.O.[B]c1ccc(N(C)C2CCCCC2)cc1. The lowest BCUT2D eigenvalue weighted by Gasteiger charge is -2.33. The van der Waals surface area contributed by atoms with Crippen molar-refractivity contribution in [3.8, 4) is 0 Å². The summed E-state index contributed by atoms with van der Waals surface area (Å²) in [7, 11) is 7.88. The van der Waals surface area contributed by atoms with E-state index < -0.39 is 0 Å². The van der Waals surface area contributed by atoms with Crippen molar-refractivity contribution in [1.82, 2.24) is 0 Å². The molecule has 1 fully saturated rings. The van der Waals surface area contributed by atoms with E-state index in [1.165, 1.54) is 37.8 Å². The van der Waals surface area contributed by atoms with Gasteiger partial charge in [0.05, 0.1) is 0 Å².